The summed E-state index contributed by atoms with van der Waals surface area (Å²) in [6.45, 7) is 8.82. The van der Waals surface area contributed by atoms with Crippen LogP contribution in [0, 0.1) is 18.8 Å². The molecule has 1 aliphatic carbocycles. The number of hydrogen-bond donors (Lipinski definition) is 2. The summed E-state index contributed by atoms with van der Waals surface area (Å²) < 4.78 is 5.01. The van der Waals surface area contributed by atoms with Gasteiger partial charge in [-0.05, 0) is 36.8 Å². The number of nitrogens with one attached hydrogen (secondary N) is 2. The summed E-state index contributed by atoms with van der Waals surface area (Å²) in [5.74, 6) is -0.460. The van der Waals surface area contributed by atoms with Crippen molar-refractivity contribution in [1.29, 1.82) is 0 Å². The minimum Gasteiger partial charge on any atom is -0.368 e. The van der Waals surface area contributed by atoms with Crippen LogP contribution in [0.1, 0.15) is 74.9 Å². The zero-order valence-electron chi connectivity index (χ0n) is 23.5. The van der Waals surface area contributed by atoms with Crippen LogP contribution >= 0.6 is 0 Å². The smallest absolute Gasteiger partial charge is 0.290 e. The predicted molar refractivity (Wildman–Crippen MR) is 150 cm³/mol. The van der Waals surface area contributed by atoms with Crippen LogP contribution in [-0.4, -0.2) is 66.0 Å². The van der Waals surface area contributed by atoms with Gasteiger partial charge in [-0.2, -0.15) is 0 Å². The molecule has 2 heterocycles. The van der Waals surface area contributed by atoms with Gasteiger partial charge in [-0.3, -0.25) is 14.4 Å². The van der Waals surface area contributed by atoms with Crippen molar-refractivity contribution in [2.24, 2.45) is 11.8 Å². The van der Waals surface area contributed by atoms with Gasteiger partial charge in [0.1, 0.15) is 12.1 Å². The molecule has 0 spiro atoms. The Balaban J connectivity index is 1.43. The maximum atomic E-state index is 13.7. The zero-order chi connectivity index (χ0) is 27.8. The van der Waals surface area contributed by atoms with Gasteiger partial charge in [0.15, 0.2) is 0 Å². The Morgan fingerprint density at radius 3 is 2.38 bits per heavy atom. The van der Waals surface area contributed by atoms with Crippen LogP contribution in [0.3, 0.4) is 0 Å². The summed E-state index contributed by atoms with van der Waals surface area (Å²) in [6.07, 6.45) is 8.26. The number of carbonyl (C=O) groups is 3. The van der Waals surface area contributed by atoms with E-state index in [1.807, 2.05) is 30.9 Å². The van der Waals surface area contributed by atoms with E-state index in [0.717, 1.165) is 45.2 Å². The lowest BCUT2D eigenvalue weighted by Gasteiger charge is -2.39. The molecular weight excluding hydrogens is 494 g/mol. The summed E-state index contributed by atoms with van der Waals surface area (Å²) in [7, 11) is 0. The van der Waals surface area contributed by atoms with Crippen molar-refractivity contribution >= 4 is 23.4 Å². The molecule has 1 saturated carbocycles. The molecule has 0 unspecified atom stereocenters. The first kappa shape index (κ1) is 28.6. The van der Waals surface area contributed by atoms with E-state index in [-0.39, 0.29) is 23.5 Å². The molecule has 0 bridgehead atoms. The van der Waals surface area contributed by atoms with Crippen LogP contribution in [0.4, 0.5) is 5.69 Å². The van der Waals surface area contributed by atoms with Crippen LogP contribution in [0.15, 0.2) is 41.1 Å². The van der Waals surface area contributed by atoms with Crippen molar-refractivity contribution in [3.63, 3.8) is 0 Å². The number of nitrogens with zero attached hydrogens (tertiary/aromatic N) is 3. The molecule has 2 aromatic rings. The van der Waals surface area contributed by atoms with Gasteiger partial charge in [-0.25, -0.2) is 0 Å². The average Bonchev–Trinajstić information content (AvgIpc) is 3.51. The number of carbonyl (C=O) groups excluding carboxylic acids is 3. The molecular formula is C30H43N5O4. The fourth-order valence-corrected chi connectivity index (χ4v) is 5.77. The number of aryl methyl sites for hydroxylation is 1. The highest BCUT2D eigenvalue weighted by Gasteiger charge is 2.35. The number of aromatic nitrogens is 1. The molecule has 1 aromatic heterocycles. The third-order valence-corrected chi connectivity index (χ3v) is 8.40. The van der Waals surface area contributed by atoms with Gasteiger partial charge in [0.2, 0.25) is 17.6 Å². The van der Waals surface area contributed by atoms with Crippen molar-refractivity contribution in [1.82, 2.24) is 20.7 Å². The lowest BCUT2D eigenvalue weighted by molar-refractivity contribution is -0.138. The van der Waals surface area contributed by atoms with Gasteiger partial charge in [-0.1, -0.05) is 75.7 Å². The summed E-state index contributed by atoms with van der Waals surface area (Å²) in [4.78, 5) is 44.4. The second kappa shape index (κ2) is 13.6. The van der Waals surface area contributed by atoms with Crippen molar-refractivity contribution in [2.45, 2.75) is 77.8 Å². The number of amides is 3. The second-order valence-electron chi connectivity index (χ2n) is 11.1. The van der Waals surface area contributed by atoms with E-state index in [9.17, 15) is 14.4 Å². The Bertz CT molecular complexity index is 1090. The van der Waals surface area contributed by atoms with Gasteiger partial charge in [0, 0.05) is 37.9 Å². The van der Waals surface area contributed by atoms with Crippen molar-refractivity contribution < 1.29 is 18.9 Å². The van der Waals surface area contributed by atoms with Crippen LogP contribution in [0.5, 0.6) is 0 Å². The summed E-state index contributed by atoms with van der Waals surface area (Å²) in [5.41, 5.74) is 2.42. The van der Waals surface area contributed by atoms with Crippen molar-refractivity contribution in [3.8, 4) is 0 Å². The maximum Gasteiger partial charge on any atom is 0.290 e. The van der Waals surface area contributed by atoms with Crippen molar-refractivity contribution in [2.75, 3.05) is 31.1 Å². The number of piperazine rings is 1. The van der Waals surface area contributed by atoms with Crippen LogP contribution in [0.25, 0.3) is 0 Å². The van der Waals surface area contributed by atoms with E-state index in [0.29, 0.717) is 25.4 Å². The topological polar surface area (TPSA) is 108 Å². The Morgan fingerprint density at radius 1 is 1.03 bits per heavy atom. The predicted octanol–water partition coefficient (Wildman–Crippen LogP) is 3.93. The molecule has 3 amide bonds. The molecule has 1 saturated heterocycles. The van der Waals surface area contributed by atoms with Crippen LogP contribution < -0.4 is 15.5 Å². The van der Waals surface area contributed by atoms with E-state index < -0.39 is 18.0 Å². The molecule has 2 aliphatic rings. The highest BCUT2D eigenvalue weighted by molar-refractivity contribution is 5.96. The third-order valence-electron chi connectivity index (χ3n) is 8.40. The Hall–Kier alpha value is -3.36. The molecule has 3 atom stereocenters. The quantitative estimate of drug-likeness (QED) is 0.476. The second-order valence-corrected chi connectivity index (χ2v) is 11.1. The lowest BCUT2D eigenvalue weighted by atomic mass is 9.84. The van der Waals surface area contributed by atoms with E-state index >= 15 is 0 Å². The molecule has 1 aromatic carbocycles. The first-order valence-electron chi connectivity index (χ1n) is 14.5. The monoisotopic (exact) mass is 537 g/mol. The molecule has 9 nitrogen and oxygen atoms in total. The van der Waals surface area contributed by atoms with E-state index in [4.69, 9.17) is 4.52 Å². The fraction of sp³-hybridized carbons (Fsp3) is 0.600. The molecule has 4 rings (SSSR count). The number of anilines is 1. The average molecular weight is 538 g/mol. The molecule has 212 valence electrons. The maximum absolute atomic E-state index is 13.7. The third kappa shape index (κ3) is 7.40. The first-order valence-corrected chi connectivity index (χ1v) is 14.5. The first-order chi connectivity index (χ1) is 18.9. The Kier molecular flexibility index (Phi) is 10.0. The molecule has 1 aliphatic heterocycles. The Morgan fingerprint density at radius 2 is 1.74 bits per heavy atom. The highest BCUT2D eigenvalue weighted by Crippen LogP contribution is 2.28. The highest BCUT2D eigenvalue weighted by atomic mass is 16.5. The van der Waals surface area contributed by atoms with Crippen molar-refractivity contribution in [3.05, 3.63) is 47.9 Å². The minimum absolute atomic E-state index is 0.0452. The van der Waals surface area contributed by atoms with E-state index in [2.05, 4.69) is 39.7 Å². The summed E-state index contributed by atoms with van der Waals surface area (Å²) in [5, 5.41) is 9.52. The lowest BCUT2D eigenvalue weighted by Crippen LogP contribution is -2.59. The number of benzene rings is 1. The summed E-state index contributed by atoms with van der Waals surface area (Å²) >= 11 is 0. The van der Waals surface area contributed by atoms with Crippen LogP contribution in [0.2, 0.25) is 0 Å². The molecule has 39 heavy (non-hydrogen) atoms. The van der Waals surface area contributed by atoms with E-state index in [1.165, 1.54) is 29.9 Å². The number of para-hydroxylation sites is 1. The van der Waals surface area contributed by atoms with Gasteiger partial charge < -0.3 is 25.0 Å². The number of rotatable bonds is 10. The van der Waals surface area contributed by atoms with E-state index in [1.54, 1.807) is 0 Å². The fourth-order valence-electron chi connectivity index (χ4n) is 5.77. The van der Waals surface area contributed by atoms with Gasteiger partial charge in [0.25, 0.3) is 5.91 Å². The van der Waals surface area contributed by atoms with Gasteiger partial charge >= 0.3 is 0 Å². The normalized spacial score (nSPS) is 18.7. The largest absolute Gasteiger partial charge is 0.368 e. The van der Waals surface area contributed by atoms with Crippen LogP contribution in [-0.2, 0) is 9.59 Å². The van der Waals surface area contributed by atoms with Gasteiger partial charge in [-0.15, -0.1) is 0 Å². The minimum atomic E-state index is -0.747. The standard InChI is InChI=1S/C30H43N5O4/c1-4-21(2)27(30(38)35-18-16-34(17-19-35)25-13-9-8-10-22(25)3)33-28(36)24(20-23-11-6-5-7-12-23)32-29(37)26-14-15-31-39-26/h8-10,13-15,21,23-24,27H,4-7,11-12,16-20H2,1-3H3,(H,32,37)(H,33,36)/t21-,24-,27-/m0/s1. The SMILES string of the molecule is CC[C@H](C)[C@H](NC(=O)[C@H](CC1CCCCC1)NC(=O)c1ccno1)C(=O)N1CCN(c2ccccc2C)CC1. The molecule has 9 heteroatoms. The summed E-state index contributed by atoms with van der Waals surface area (Å²) in [6, 6.07) is 8.38. The van der Waals surface area contributed by atoms with Gasteiger partial charge in [0.05, 0.1) is 6.20 Å². The Labute approximate surface area is 231 Å². The molecule has 0 radical (unpaired) electrons. The molecule has 2 N–H and O–H groups in total. The zero-order valence-corrected chi connectivity index (χ0v) is 23.5. The number of hydrogen-bond acceptors (Lipinski definition) is 6. The molecule has 2 fully saturated rings.